The minimum atomic E-state index is -0.481. The summed E-state index contributed by atoms with van der Waals surface area (Å²) < 4.78 is 0. The average Bonchev–Trinajstić information content (AvgIpc) is 2.39. The molecule has 0 atom stereocenters. The van der Waals surface area contributed by atoms with E-state index in [2.05, 4.69) is 43.4 Å². The van der Waals surface area contributed by atoms with Gasteiger partial charge in [0, 0.05) is 16.3 Å². The molecule has 0 aliphatic heterocycles. The first kappa shape index (κ1) is 16.4. The zero-order chi connectivity index (χ0) is 14.3. The van der Waals surface area contributed by atoms with Crippen molar-refractivity contribution >= 4 is 23.5 Å². The van der Waals surface area contributed by atoms with E-state index in [9.17, 15) is 0 Å². The second kappa shape index (κ2) is 7.84. The molecule has 0 unspecified atom stereocenters. The fourth-order valence-electron chi connectivity index (χ4n) is 1.58. The molecule has 1 aromatic rings. The van der Waals surface area contributed by atoms with Crippen molar-refractivity contribution in [2.24, 2.45) is 0 Å². The maximum absolute atomic E-state index is 9.04. The molecule has 4 heteroatoms. The molecule has 0 saturated carbocycles. The zero-order valence-corrected chi connectivity index (χ0v) is 13.8. The minimum absolute atomic E-state index is 0.481. The van der Waals surface area contributed by atoms with E-state index in [-0.39, 0.29) is 0 Å². The molecule has 0 heterocycles. The van der Waals surface area contributed by atoms with Crippen molar-refractivity contribution in [1.29, 1.82) is 5.26 Å². The van der Waals surface area contributed by atoms with E-state index in [0.717, 1.165) is 18.1 Å². The lowest BCUT2D eigenvalue weighted by Gasteiger charge is -2.19. The number of thioether (sulfide) groups is 2. The molecule has 19 heavy (non-hydrogen) atoms. The number of nitrogens with one attached hydrogen (secondary N) is 1. The smallest absolute Gasteiger partial charge is 0.101 e. The summed E-state index contributed by atoms with van der Waals surface area (Å²) in [7, 11) is 0. The van der Waals surface area contributed by atoms with Crippen LogP contribution in [0.3, 0.4) is 0 Å². The van der Waals surface area contributed by atoms with E-state index in [4.69, 9.17) is 5.26 Å². The number of hydrogen-bond donors (Lipinski definition) is 1. The van der Waals surface area contributed by atoms with Gasteiger partial charge in [-0.15, -0.1) is 23.5 Å². The second-order valence-corrected chi connectivity index (χ2v) is 7.37. The van der Waals surface area contributed by atoms with Crippen LogP contribution < -0.4 is 5.32 Å². The van der Waals surface area contributed by atoms with Gasteiger partial charge < -0.3 is 0 Å². The third kappa shape index (κ3) is 5.48. The Labute approximate surface area is 125 Å². The topological polar surface area (TPSA) is 35.8 Å². The Morgan fingerprint density at radius 3 is 2.47 bits per heavy atom. The van der Waals surface area contributed by atoms with Crippen LogP contribution in [-0.2, 0) is 6.54 Å². The van der Waals surface area contributed by atoms with Crippen molar-refractivity contribution in [3.63, 3.8) is 0 Å². The summed E-state index contributed by atoms with van der Waals surface area (Å²) in [5, 5.41) is 12.3. The van der Waals surface area contributed by atoms with Crippen LogP contribution in [0, 0.1) is 11.3 Å². The lowest BCUT2D eigenvalue weighted by molar-refractivity contribution is 0.483. The summed E-state index contributed by atoms with van der Waals surface area (Å²) in [6.07, 6.45) is 0. The molecule has 0 amide bonds. The van der Waals surface area contributed by atoms with E-state index in [0.29, 0.717) is 0 Å². The van der Waals surface area contributed by atoms with Crippen LogP contribution in [0.4, 0.5) is 0 Å². The minimum Gasteiger partial charge on any atom is -0.296 e. The van der Waals surface area contributed by atoms with E-state index in [1.54, 1.807) is 0 Å². The summed E-state index contributed by atoms with van der Waals surface area (Å²) in [4.78, 5) is 2.64. The van der Waals surface area contributed by atoms with Crippen LogP contribution >= 0.6 is 23.5 Å². The van der Waals surface area contributed by atoms with Gasteiger partial charge in [0.1, 0.15) is 5.54 Å². The Bertz CT molecular complexity index is 450. The van der Waals surface area contributed by atoms with Gasteiger partial charge in [0.25, 0.3) is 0 Å². The Kier molecular flexibility index (Phi) is 6.78. The molecule has 0 fully saturated rings. The van der Waals surface area contributed by atoms with Gasteiger partial charge in [0.2, 0.25) is 0 Å². The average molecular weight is 294 g/mol. The number of nitriles is 1. The molecule has 104 valence electrons. The van der Waals surface area contributed by atoms with Crippen LogP contribution in [0.2, 0.25) is 0 Å². The quantitative estimate of drug-likeness (QED) is 0.760. The molecule has 1 aromatic carbocycles. The van der Waals surface area contributed by atoms with E-state index < -0.39 is 5.54 Å². The highest BCUT2D eigenvalue weighted by Gasteiger charge is 2.16. The van der Waals surface area contributed by atoms with Crippen LogP contribution in [0.25, 0.3) is 0 Å². The van der Waals surface area contributed by atoms with Gasteiger partial charge in [-0.25, -0.2) is 0 Å². The maximum atomic E-state index is 9.04. The molecule has 1 rings (SSSR count). The summed E-state index contributed by atoms with van der Waals surface area (Å²) in [6.45, 7) is 8.88. The lowest BCUT2D eigenvalue weighted by Crippen LogP contribution is -2.37. The van der Waals surface area contributed by atoms with E-state index in [1.165, 1.54) is 15.4 Å². The number of benzene rings is 1. The highest BCUT2D eigenvalue weighted by Crippen LogP contribution is 2.28. The van der Waals surface area contributed by atoms with Crippen LogP contribution in [-0.4, -0.2) is 17.0 Å². The van der Waals surface area contributed by atoms with Crippen molar-refractivity contribution in [3.8, 4) is 6.07 Å². The molecule has 0 aromatic heterocycles. The van der Waals surface area contributed by atoms with Crippen molar-refractivity contribution in [1.82, 2.24) is 5.32 Å². The molecule has 0 aliphatic rings. The summed E-state index contributed by atoms with van der Waals surface area (Å²) in [5.41, 5.74) is 0.793. The normalized spacial score (nSPS) is 11.3. The first-order chi connectivity index (χ1) is 9.02. The first-order valence-electron chi connectivity index (χ1n) is 6.57. The number of nitrogens with zero attached hydrogens (tertiary/aromatic N) is 1. The molecule has 0 bridgehead atoms. The fraction of sp³-hybridized carbons (Fsp3) is 0.533. The SMILES string of the molecule is CCSc1ccc(CNC(C)(C)C#N)c(SCC)c1. The zero-order valence-electron chi connectivity index (χ0n) is 12.1. The predicted octanol–water partition coefficient (Wildman–Crippen LogP) is 4.30. The third-order valence-electron chi connectivity index (χ3n) is 2.65. The van der Waals surface area contributed by atoms with Crippen molar-refractivity contribution in [2.45, 2.75) is 49.6 Å². The first-order valence-corrected chi connectivity index (χ1v) is 8.54. The van der Waals surface area contributed by atoms with Gasteiger partial charge in [-0.1, -0.05) is 19.9 Å². The summed E-state index contributed by atoms with van der Waals surface area (Å²) in [6, 6.07) is 8.88. The molecule has 0 saturated heterocycles. The van der Waals surface area contributed by atoms with Crippen LogP contribution in [0.1, 0.15) is 33.3 Å². The molecular formula is C15H22N2S2. The molecule has 2 nitrogen and oxygen atoms in total. The number of hydrogen-bond acceptors (Lipinski definition) is 4. The summed E-state index contributed by atoms with van der Waals surface area (Å²) in [5.74, 6) is 2.16. The largest absolute Gasteiger partial charge is 0.296 e. The van der Waals surface area contributed by atoms with Gasteiger partial charge in [-0.05, 0) is 43.0 Å². The molecule has 0 radical (unpaired) electrons. The van der Waals surface area contributed by atoms with E-state index in [1.807, 2.05) is 37.4 Å². The van der Waals surface area contributed by atoms with Gasteiger partial charge in [-0.3, -0.25) is 5.32 Å². The second-order valence-electron chi connectivity index (χ2n) is 4.73. The van der Waals surface area contributed by atoms with Gasteiger partial charge >= 0.3 is 0 Å². The Balaban J connectivity index is 2.84. The molecular weight excluding hydrogens is 272 g/mol. The Hall–Kier alpha value is -0.630. The van der Waals surface area contributed by atoms with Crippen molar-refractivity contribution in [2.75, 3.05) is 11.5 Å². The Morgan fingerprint density at radius 1 is 1.21 bits per heavy atom. The van der Waals surface area contributed by atoms with Crippen LogP contribution in [0.5, 0.6) is 0 Å². The Morgan fingerprint density at radius 2 is 1.89 bits per heavy atom. The predicted molar refractivity (Wildman–Crippen MR) is 85.8 cm³/mol. The van der Waals surface area contributed by atoms with Crippen LogP contribution in [0.15, 0.2) is 28.0 Å². The molecule has 0 aliphatic carbocycles. The molecule has 1 N–H and O–H groups in total. The highest BCUT2D eigenvalue weighted by atomic mass is 32.2. The van der Waals surface area contributed by atoms with Gasteiger partial charge in [-0.2, -0.15) is 5.26 Å². The van der Waals surface area contributed by atoms with Gasteiger partial charge in [0.15, 0.2) is 0 Å². The van der Waals surface area contributed by atoms with Gasteiger partial charge in [0.05, 0.1) is 6.07 Å². The third-order valence-corrected chi connectivity index (χ3v) is 4.51. The van der Waals surface area contributed by atoms with E-state index >= 15 is 0 Å². The monoisotopic (exact) mass is 294 g/mol. The highest BCUT2D eigenvalue weighted by molar-refractivity contribution is 8.00. The van der Waals surface area contributed by atoms with Crippen molar-refractivity contribution < 1.29 is 0 Å². The lowest BCUT2D eigenvalue weighted by atomic mass is 10.1. The van der Waals surface area contributed by atoms with Crippen molar-refractivity contribution in [3.05, 3.63) is 23.8 Å². The fourth-order valence-corrected chi connectivity index (χ4v) is 3.20. The maximum Gasteiger partial charge on any atom is 0.101 e. The molecule has 0 spiro atoms. The standard InChI is InChI=1S/C15H22N2S2/c1-5-18-13-8-7-12(14(9-13)19-6-2)10-17-15(3,4)11-16/h7-9,17H,5-6,10H2,1-4H3. The summed E-state index contributed by atoms with van der Waals surface area (Å²) >= 11 is 3.73. The number of rotatable bonds is 7.